The number of pyridine rings is 1. The third kappa shape index (κ3) is 2.40. The van der Waals surface area contributed by atoms with E-state index in [2.05, 4.69) is 4.98 Å². The Morgan fingerprint density at radius 2 is 2.26 bits per heavy atom. The average Bonchev–Trinajstić information content (AvgIpc) is 2.80. The molecule has 0 N–H and O–H groups in total. The molecular weight excluding hydrogens is 264 g/mol. The van der Waals surface area contributed by atoms with Crippen molar-refractivity contribution in [2.45, 2.75) is 18.8 Å². The largest absolute Gasteiger partial charge is 0.307 e. The predicted octanol–water partition coefficient (Wildman–Crippen LogP) is 1.44. The Labute approximate surface area is 111 Å². The monoisotopic (exact) mass is 278 g/mol. The zero-order valence-corrected chi connectivity index (χ0v) is 11.1. The molecule has 1 unspecified atom stereocenters. The summed E-state index contributed by atoms with van der Waals surface area (Å²) >= 11 is 0. The molecule has 1 saturated heterocycles. The molecule has 1 atom stereocenters. The fourth-order valence-electron chi connectivity index (χ4n) is 2.54. The van der Waals surface area contributed by atoms with Crippen molar-refractivity contribution in [1.82, 2.24) is 9.38 Å². The number of nitrogens with zero attached hydrogens (tertiary/aromatic N) is 2. The molecule has 5 nitrogen and oxygen atoms in total. The van der Waals surface area contributed by atoms with E-state index in [9.17, 15) is 13.2 Å². The van der Waals surface area contributed by atoms with Gasteiger partial charge < -0.3 is 4.40 Å². The van der Waals surface area contributed by atoms with Crippen molar-refractivity contribution < 1.29 is 13.2 Å². The summed E-state index contributed by atoms with van der Waals surface area (Å²) in [4.78, 5) is 15.2. The molecular formula is C13H14N2O3S. The smallest absolute Gasteiger partial charge is 0.150 e. The molecule has 0 aliphatic carbocycles. The van der Waals surface area contributed by atoms with Gasteiger partial charge >= 0.3 is 0 Å². The van der Waals surface area contributed by atoms with E-state index < -0.39 is 9.84 Å². The molecule has 3 heterocycles. The van der Waals surface area contributed by atoms with Crippen LogP contribution in [0.1, 0.15) is 34.8 Å². The van der Waals surface area contributed by atoms with Gasteiger partial charge in [-0.1, -0.05) is 0 Å². The summed E-state index contributed by atoms with van der Waals surface area (Å²) < 4.78 is 25.2. The highest BCUT2D eigenvalue weighted by Gasteiger charge is 2.27. The Morgan fingerprint density at radius 3 is 3.00 bits per heavy atom. The number of aldehydes is 1. The minimum Gasteiger partial charge on any atom is -0.307 e. The Hall–Kier alpha value is -1.69. The van der Waals surface area contributed by atoms with Gasteiger partial charge in [-0.25, -0.2) is 13.4 Å². The minimum absolute atomic E-state index is 0.0293. The van der Waals surface area contributed by atoms with Crippen LogP contribution in [0.5, 0.6) is 0 Å². The molecule has 2 aromatic heterocycles. The van der Waals surface area contributed by atoms with E-state index in [4.69, 9.17) is 0 Å². The fraction of sp³-hybridized carbons (Fsp3) is 0.385. The molecule has 2 aromatic rings. The van der Waals surface area contributed by atoms with Crippen LogP contribution in [-0.4, -0.2) is 35.6 Å². The van der Waals surface area contributed by atoms with Crippen LogP contribution in [0, 0.1) is 0 Å². The maximum atomic E-state index is 11.7. The molecule has 0 aromatic carbocycles. The highest BCUT2D eigenvalue weighted by Crippen LogP contribution is 2.27. The fourth-order valence-corrected chi connectivity index (χ4v) is 4.27. The van der Waals surface area contributed by atoms with Gasteiger partial charge in [0, 0.05) is 23.9 Å². The zero-order chi connectivity index (χ0) is 13.5. The second-order valence-corrected chi connectivity index (χ2v) is 7.19. The standard InChI is InChI=1S/C13H14N2O3S/c16-8-10-3-4-15-7-12(14-13(15)6-10)11-2-1-5-19(17,18)9-11/h3-4,6-8,11H,1-2,5,9H2. The summed E-state index contributed by atoms with van der Waals surface area (Å²) in [6.07, 6.45) is 5.95. The molecule has 1 aliphatic rings. The second kappa shape index (κ2) is 4.45. The number of carbonyl (C=O) groups excluding carboxylic acids is 1. The van der Waals surface area contributed by atoms with E-state index in [-0.39, 0.29) is 17.4 Å². The van der Waals surface area contributed by atoms with Gasteiger partial charge in [0.1, 0.15) is 11.9 Å². The summed E-state index contributed by atoms with van der Waals surface area (Å²) in [5.74, 6) is 0.433. The SMILES string of the molecule is O=Cc1ccn2cc(C3CCCS(=O)(=O)C3)nc2c1. The molecule has 19 heavy (non-hydrogen) atoms. The number of fused-ring (bicyclic) bond motifs is 1. The number of hydrogen-bond donors (Lipinski definition) is 0. The molecule has 0 bridgehead atoms. The topological polar surface area (TPSA) is 68.5 Å². The van der Waals surface area contributed by atoms with Crippen LogP contribution in [0.25, 0.3) is 5.65 Å². The number of imidazole rings is 1. The van der Waals surface area contributed by atoms with Crippen molar-refractivity contribution in [3.8, 4) is 0 Å². The van der Waals surface area contributed by atoms with E-state index in [0.29, 0.717) is 17.6 Å². The van der Waals surface area contributed by atoms with Gasteiger partial charge in [-0.2, -0.15) is 0 Å². The van der Waals surface area contributed by atoms with E-state index >= 15 is 0 Å². The first kappa shape index (κ1) is 12.3. The van der Waals surface area contributed by atoms with Crippen LogP contribution in [0.15, 0.2) is 24.5 Å². The number of aromatic nitrogens is 2. The number of carbonyl (C=O) groups is 1. The molecule has 1 aliphatic heterocycles. The van der Waals surface area contributed by atoms with Crippen molar-refractivity contribution in [1.29, 1.82) is 0 Å². The van der Waals surface area contributed by atoms with Crippen molar-refractivity contribution in [3.63, 3.8) is 0 Å². The van der Waals surface area contributed by atoms with E-state index in [1.165, 1.54) is 0 Å². The Morgan fingerprint density at radius 1 is 1.42 bits per heavy atom. The summed E-state index contributed by atoms with van der Waals surface area (Å²) in [6.45, 7) is 0. The van der Waals surface area contributed by atoms with Gasteiger partial charge in [0.2, 0.25) is 0 Å². The number of sulfone groups is 1. The van der Waals surface area contributed by atoms with Gasteiger partial charge in [-0.05, 0) is 25.0 Å². The van der Waals surface area contributed by atoms with Gasteiger partial charge in [0.05, 0.1) is 17.2 Å². The first-order chi connectivity index (χ1) is 9.07. The van der Waals surface area contributed by atoms with E-state index in [1.54, 1.807) is 18.3 Å². The van der Waals surface area contributed by atoms with Crippen LogP contribution < -0.4 is 0 Å². The van der Waals surface area contributed by atoms with Crippen LogP contribution in [0.3, 0.4) is 0 Å². The molecule has 0 radical (unpaired) electrons. The second-order valence-electron chi connectivity index (χ2n) is 4.96. The van der Waals surface area contributed by atoms with Gasteiger partial charge in [0.15, 0.2) is 9.84 Å². The Balaban J connectivity index is 1.99. The number of hydrogen-bond acceptors (Lipinski definition) is 4. The van der Waals surface area contributed by atoms with Gasteiger partial charge in [-0.15, -0.1) is 0 Å². The molecule has 3 rings (SSSR count). The van der Waals surface area contributed by atoms with E-state index in [0.717, 1.165) is 18.4 Å². The quantitative estimate of drug-likeness (QED) is 0.779. The van der Waals surface area contributed by atoms with Crippen LogP contribution in [0.2, 0.25) is 0 Å². The lowest BCUT2D eigenvalue weighted by molar-refractivity contribution is 0.112. The average molecular weight is 278 g/mol. The van der Waals surface area contributed by atoms with Crippen molar-refractivity contribution in [3.05, 3.63) is 35.8 Å². The third-order valence-corrected chi connectivity index (χ3v) is 5.34. The van der Waals surface area contributed by atoms with Crippen molar-refractivity contribution in [2.75, 3.05) is 11.5 Å². The molecule has 0 saturated carbocycles. The first-order valence-corrected chi connectivity index (χ1v) is 8.04. The lowest BCUT2D eigenvalue weighted by Gasteiger charge is -2.19. The summed E-state index contributed by atoms with van der Waals surface area (Å²) in [6, 6.07) is 3.41. The van der Waals surface area contributed by atoms with Crippen LogP contribution >= 0.6 is 0 Å². The maximum absolute atomic E-state index is 11.7. The lowest BCUT2D eigenvalue weighted by atomic mass is 10.0. The van der Waals surface area contributed by atoms with Crippen molar-refractivity contribution >= 4 is 21.8 Å². The van der Waals surface area contributed by atoms with Crippen molar-refractivity contribution in [2.24, 2.45) is 0 Å². The minimum atomic E-state index is -2.94. The third-order valence-electron chi connectivity index (χ3n) is 3.52. The summed E-state index contributed by atoms with van der Waals surface area (Å²) in [5.41, 5.74) is 2.05. The molecule has 6 heteroatoms. The highest BCUT2D eigenvalue weighted by molar-refractivity contribution is 7.91. The predicted molar refractivity (Wildman–Crippen MR) is 71.2 cm³/mol. The normalized spacial score (nSPS) is 22.4. The summed E-state index contributed by atoms with van der Waals surface area (Å²) in [5, 5.41) is 0. The van der Waals surface area contributed by atoms with Gasteiger partial charge in [0.25, 0.3) is 0 Å². The van der Waals surface area contributed by atoms with Crippen LogP contribution in [-0.2, 0) is 9.84 Å². The van der Waals surface area contributed by atoms with Gasteiger partial charge in [-0.3, -0.25) is 4.79 Å². The first-order valence-electron chi connectivity index (χ1n) is 6.22. The maximum Gasteiger partial charge on any atom is 0.150 e. The Kier molecular flexibility index (Phi) is 2.89. The lowest BCUT2D eigenvalue weighted by Crippen LogP contribution is -2.23. The van der Waals surface area contributed by atoms with E-state index in [1.807, 2.05) is 10.6 Å². The molecule has 0 spiro atoms. The highest BCUT2D eigenvalue weighted by atomic mass is 32.2. The zero-order valence-electron chi connectivity index (χ0n) is 10.3. The van der Waals surface area contributed by atoms with Crippen LogP contribution in [0.4, 0.5) is 0 Å². The Bertz CT molecular complexity index is 733. The molecule has 100 valence electrons. The molecule has 1 fully saturated rings. The summed E-state index contributed by atoms with van der Waals surface area (Å²) in [7, 11) is -2.94. The molecule has 0 amide bonds. The number of rotatable bonds is 2.